The van der Waals surface area contributed by atoms with Gasteiger partial charge in [-0.05, 0) is 30.5 Å². The Labute approximate surface area is 143 Å². The number of hydrogen-bond acceptors (Lipinski definition) is 6. The molecule has 0 amide bonds. The summed E-state index contributed by atoms with van der Waals surface area (Å²) in [5.74, 6) is 0.671. The van der Waals surface area contributed by atoms with Crippen molar-refractivity contribution < 1.29 is 23.7 Å². The lowest BCUT2D eigenvalue weighted by atomic mass is 10.0. The van der Waals surface area contributed by atoms with E-state index in [-0.39, 0.29) is 11.9 Å². The first-order chi connectivity index (χ1) is 11.5. The lowest BCUT2D eigenvalue weighted by Crippen LogP contribution is -2.12. The van der Waals surface area contributed by atoms with Crippen molar-refractivity contribution in [3.05, 3.63) is 23.4 Å². The zero-order valence-corrected chi connectivity index (χ0v) is 15.1. The summed E-state index contributed by atoms with van der Waals surface area (Å²) in [6.45, 7) is 7.14. The van der Waals surface area contributed by atoms with Gasteiger partial charge in [-0.3, -0.25) is 0 Å². The Kier molecular flexibility index (Phi) is 8.86. The van der Waals surface area contributed by atoms with Crippen LogP contribution in [-0.2, 0) is 14.3 Å². The summed E-state index contributed by atoms with van der Waals surface area (Å²) in [6.07, 6.45) is 4.18. The molecular weight excluding hydrogens is 310 g/mol. The summed E-state index contributed by atoms with van der Waals surface area (Å²) in [4.78, 5) is 16.3. The SMILES string of the molecule is CCOC(=O)/C(=C/c1cnc(OC)c(OCCCOC)c1)C(C)C. The third kappa shape index (κ3) is 6.20. The van der Waals surface area contributed by atoms with Crippen LogP contribution in [0.3, 0.4) is 0 Å². The second kappa shape index (κ2) is 10.6. The van der Waals surface area contributed by atoms with Gasteiger partial charge in [0.2, 0.25) is 0 Å². The first-order valence-corrected chi connectivity index (χ1v) is 8.07. The summed E-state index contributed by atoms with van der Waals surface area (Å²) in [7, 11) is 3.19. The van der Waals surface area contributed by atoms with Crippen molar-refractivity contribution in [1.82, 2.24) is 4.98 Å². The highest BCUT2D eigenvalue weighted by atomic mass is 16.5. The van der Waals surface area contributed by atoms with Crippen LogP contribution in [0.25, 0.3) is 6.08 Å². The number of ether oxygens (including phenoxy) is 4. The number of carbonyl (C=O) groups is 1. The van der Waals surface area contributed by atoms with Crippen LogP contribution in [0.4, 0.5) is 0 Å². The Morgan fingerprint density at radius 1 is 1.29 bits per heavy atom. The zero-order valence-electron chi connectivity index (χ0n) is 15.1. The summed E-state index contributed by atoms with van der Waals surface area (Å²) in [5.41, 5.74) is 1.35. The number of pyridine rings is 1. The molecule has 1 aromatic heterocycles. The second-order valence-electron chi connectivity index (χ2n) is 5.45. The van der Waals surface area contributed by atoms with Gasteiger partial charge < -0.3 is 18.9 Å². The van der Waals surface area contributed by atoms with E-state index in [1.807, 2.05) is 13.8 Å². The van der Waals surface area contributed by atoms with E-state index < -0.39 is 0 Å². The average molecular weight is 337 g/mol. The third-order valence-electron chi connectivity index (χ3n) is 3.24. The molecule has 0 aliphatic carbocycles. The molecule has 6 nitrogen and oxygen atoms in total. The standard InChI is InChI=1S/C18H27NO5/c1-6-23-18(20)15(13(2)3)10-14-11-16(17(22-5)19-12-14)24-9-7-8-21-4/h10-13H,6-9H2,1-5H3/b15-10+. The lowest BCUT2D eigenvalue weighted by Gasteiger charge is -2.12. The van der Waals surface area contributed by atoms with Gasteiger partial charge >= 0.3 is 5.97 Å². The molecule has 0 aliphatic rings. The molecule has 0 aliphatic heterocycles. The van der Waals surface area contributed by atoms with Crippen LogP contribution in [0, 0.1) is 5.92 Å². The van der Waals surface area contributed by atoms with Gasteiger partial charge in [0.1, 0.15) is 0 Å². The molecule has 1 rings (SSSR count). The van der Waals surface area contributed by atoms with E-state index in [1.165, 1.54) is 7.11 Å². The maximum atomic E-state index is 12.1. The fourth-order valence-electron chi connectivity index (χ4n) is 2.02. The van der Waals surface area contributed by atoms with Crippen LogP contribution in [0.15, 0.2) is 17.8 Å². The molecule has 1 aromatic rings. The highest BCUT2D eigenvalue weighted by Crippen LogP contribution is 2.27. The van der Waals surface area contributed by atoms with Crippen molar-refractivity contribution in [2.45, 2.75) is 27.2 Å². The lowest BCUT2D eigenvalue weighted by molar-refractivity contribution is -0.138. The normalized spacial score (nSPS) is 11.5. The van der Waals surface area contributed by atoms with Crippen molar-refractivity contribution in [3.8, 4) is 11.6 Å². The summed E-state index contributed by atoms with van der Waals surface area (Å²) in [5, 5.41) is 0. The van der Waals surface area contributed by atoms with E-state index in [2.05, 4.69) is 4.98 Å². The maximum Gasteiger partial charge on any atom is 0.334 e. The number of methoxy groups -OCH3 is 2. The van der Waals surface area contributed by atoms with Gasteiger partial charge in [0.25, 0.3) is 5.88 Å². The Morgan fingerprint density at radius 3 is 2.62 bits per heavy atom. The fourth-order valence-corrected chi connectivity index (χ4v) is 2.02. The molecule has 0 spiro atoms. The van der Waals surface area contributed by atoms with Crippen molar-refractivity contribution in [1.29, 1.82) is 0 Å². The monoisotopic (exact) mass is 337 g/mol. The average Bonchev–Trinajstić information content (AvgIpc) is 2.56. The predicted molar refractivity (Wildman–Crippen MR) is 92.2 cm³/mol. The number of carbonyl (C=O) groups excluding carboxylic acids is 1. The number of rotatable bonds is 10. The molecule has 0 N–H and O–H groups in total. The highest BCUT2D eigenvalue weighted by Gasteiger charge is 2.15. The van der Waals surface area contributed by atoms with Crippen LogP contribution >= 0.6 is 0 Å². The Balaban J connectivity index is 3.01. The van der Waals surface area contributed by atoms with Crippen LogP contribution in [0.1, 0.15) is 32.8 Å². The van der Waals surface area contributed by atoms with Crippen molar-refractivity contribution in [2.75, 3.05) is 34.0 Å². The van der Waals surface area contributed by atoms with Gasteiger partial charge in [-0.25, -0.2) is 9.78 Å². The molecule has 0 unspecified atom stereocenters. The van der Waals surface area contributed by atoms with Gasteiger partial charge in [0, 0.05) is 31.9 Å². The molecule has 0 radical (unpaired) electrons. The van der Waals surface area contributed by atoms with Crippen molar-refractivity contribution in [2.24, 2.45) is 5.92 Å². The zero-order chi connectivity index (χ0) is 17.9. The van der Waals surface area contributed by atoms with Gasteiger partial charge in [-0.15, -0.1) is 0 Å². The molecule has 134 valence electrons. The van der Waals surface area contributed by atoms with E-state index in [4.69, 9.17) is 18.9 Å². The summed E-state index contributed by atoms with van der Waals surface area (Å²) >= 11 is 0. The van der Waals surface area contributed by atoms with Crippen LogP contribution < -0.4 is 9.47 Å². The van der Waals surface area contributed by atoms with E-state index in [0.29, 0.717) is 37.0 Å². The molecule has 1 heterocycles. The predicted octanol–water partition coefficient (Wildman–Crippen LogP) is 3.11. The molecule has 0 saturated carbocycles. The number of esters is 1. The van der Waals surface area contributed by atoms with Crippen LogP contribution in [-0.4, -0.2) is 45.0 Å². The summed E-state index contributed by atoms with van der Waals surface area (Å²) < 4.78 is 21.0. The molecule has 0 aromatic carbocycles. The van der Waals surface area contributed by atoms with Gasteiger partial charge in [-0.1, -0.05) is 13.8 Å². The summed E-state index contributed by atoms with van der Waals surface area (Å²) in [6, 6.07) is 1.81. The molecule has 0 saturated heterocycles. The maximum absolute atomic E-state index is 12.1. The number of hydrogen-bond donors (Lipinski definition) is 0. The van der Waals surface area contributed by atoms with Crippen molar-refractivity contribution >= 4 is 12.0 Å². The second-order valence-corrected chi connectivity index (χ2v) is 5.45. The molecule has 24 heavy (non-hydrogen) atoms. The fraction of sp³-hybridized carbons (Fsp3) is 0.556. The topological polar surface area (TPSA) is 66.9 Å². The smallest absolute Gasteiger partial charge is 0.334 e. The van der Waals surface area contributed by atoms with E-state index in [0.717, 1.165) is 12.0 Å². The minimum absolute atomic E-state index is 0.0391. The third-order valence-corrected chi connectivity index (χ3v) is 3.24. The molecule has 0 bridgehead atoms. The quantitative estimate of drug-likeness (QED) is 0.371. The Hall–Kier alpha value is -2.08. The molecule has 0 atom stereocenters. The van der Waals surface area contributed by atoms with Crippen molar-refractivity contribution in [3.63, 3.8) is 0 Å². The van der Waals surface area contributed by atoms with Crippen LogP contribution in [0.5, 0.6) is 11.6 Å². The van der Waals surface area contributed by atoms with Gasteiger partial charge in [-0.2, -0.15) is 0 Å². The van der Waals surface area contributed by atoms with E-state index >= 15 is 0 Å². The Bertz CT molecular complexity index is 554. The minimum Gasteiger partial charge on any atom is -0.488 e. The van der Waals surface area contributed by atoms with E-state index in [9.17, 15) is 4.79 Å². The molecule has 0 fully saturated rings. The number of aromatic nitrogens is 1. The minimum atomic E-state index is -0.314. The highest BCUT2D eigenvalue weighted by molar-refractivity contribution is 5.94. The molecular formula is C18H27NO5. The first kappa shape index (κ1) is 20.0. The van der Waals surface area contributed by atoms with E-state index in [1.54, 1.807) is 32.4 Å². The van der Waals surface area contributed by atoms with Gasteiger partial charge in [0.15, 0.2) is 5.75 Å². The number of nitrogens with zero attached hydrogens (tertiary/aromatic N) is 1. The largest absolute Gasteiger partial charge is 0.488 e. The van der Waals surface area contributed by atoms with Gasteiger partial charge in [0.05, 0.1) is 20.3 Å². The molecule has 6 heteroatoms. The Morgan fingerprint density at radius 2 is 2.04 bits per heavy atom. The van der Waals surface area contributed by atoms with Crippen LogP contribution in [0.2, 0.25) is 0 Å². The first-order valence-electron chi connectivity index (χ1n) is 8.07.